The van der Waals surface area contributed by atoms with Crippen LogP contribution in [0.25, 0.3) is 5.65 Å². The standard InChI is InChI=1S/C13H16N2O2S/c1-3-9-18-12-11(13(16)17-4-2)15-8-6-5-7-10(15)14-12/h5-8H,3-4,9H2,1-2H3. The first-order chi connectivity index (χ1) is 8.77. The van der Waals surface area contributed by atoms with E-state index in [2.05, 4.69) is 11.9 Å². The van der Waals surface area contributed by atoms with E-state index in [0.717, 1.165) is 22.8 Å². The minimum atomic E-state index is -0.310. The van der Waals surface area contributed by atoms with Gasteiger partial charge in [0.2, 0.25) is 0 Å². The Morgan fingerprint density at radius 2 is 2.28 bits per heavy atom. The highest BCUT2D eigenvalue weighted by Crippen LogP contribution is 2.24. The lowest BCUT2D eigenvalue weighted by atomic mass is 10.4. The summed E-state index contributed by atoms with van der Waals surface area (Å²) < 4.78 is 6.89. The Bertz CT molecular complexity index is 551. The van der Waals surface area contributed by atoms with Gasteiger partial charge in [0.05, 0.1) is 6.61 Å². The molecule has 2 aromatic rings. The molecule has 2 aromatic heterocycles. The number of imidazole rings is 1. The molecular weight excluding hydrogens is 248 g/mol. The van der Waals surface area contributed by atoms with E-state index < -0.39 is 0 Å². The van der Waals surface area contributed by atoms with E-state index in [1.165, 1.54) is 0 Å². The van der Waals surface area contributed by atoms with Gasteiger partial charge in [0.1, 0.15) is 10.7 Å². The summed E-state index contributed by atoms with van der Waals surface area (Å²) >= 11 is 1.59. The van der Waals surface area contributed by atoms with Crippen LogP contribution in [0.2, 0.25) is 0 Å². The molecule has 0 aliphatic heterocycles. The monoisotopic (exact) mass is 264 g/mol. The summed E-state index contributed by atoms with van der Waals surface area (Å²) in [5, 5.41) is 0.751. The molecule has 0 fully saturated rings. The van der Waals surface area contributed by atoms with Gasteiger partial charge in [-0.3, -0.25) is 4.40 Å². The van der Waals surface area contributed by atoms with Crippen molar-refractivity contribution in [3.63, 3.8) is 0 Å². The Balaban J connectivity index is 2.47. The summed E-state index contributed by atoms with van der Waals surface area (Å²) in [6.07, 6.45) is 2.88. The zero-order valence-electron chi connectivity index (χ0n) is 10.5. The van der Waals surface area contributed by atoms with Crippen LogP contribution in [-0.2, 0) is 4.74 Å². The summed E-state index contributed by atoms with van der Waals surface area (Å²) in [4.78, 5) is 16.5. The van der Waals surface area contributed by atoms with Crippen molar-refractivity contribution in [2.24, 2.45) is 0 Å². The van der Waals surface area contributed by atoms with Gasteiger partial charge in [-0.15, -0.1) is 11.8 Å². The van der Waals surface area contributed by atoms with E-state index in [4.69, 9.17) is 4.74 Å². The molecule has 18 heavy (non-hydrogen) atoms. The fraction of sp³-hybridized carbons (Fsp3) is 0.385. The molecule has 0 unspecified atom stereocenters. The molecule has 0 radical (unpaired) electrons. The van der Waals surface area contributed by atoms with Crippen LogP contribution < -0.4 is 0 Å². The average Bonchev–Trinajstić information content (AvgIpc) is 2.74. The Labute approximate surface area is 110 Å². The fourth-order valence-corrected chi connectivity index (χ4v) is 2.53. The van der Waals surface area contributed by atoms with Crippen molar-refractivity contribution >= 4 is 23.4 Å². The lowest BCUT2D eigenvalue weighted by Crippen LogP contribution is -2.09. The minimum Gasteiger partial charge on any atom is -0.461 e. The van der Waals surface area contributed by atoms with Crippen LogP contribution in [0.1, 0.15) is 30.8 Å². The van der Waals surface area contributed by atoms with Gasteiger partial charge in [0, 0.05) is 6.20 Å². The summed E-state index contributed by atoms with van der Waals surface area (Å²) in [6.45, 7) is 4.28. The molecule has 96 valence electrons. The number of esters is 1. The maximum atomic E-state index is 12.0. The molecule has 5 heteroatoms. The number of pyridine rings is 1. The Hall–Kier alpha value is -1.49. The number of hydrogen-bond acceptors (Lipinski definition) is 4. The molecule has 0 bridgehead atoms. The topological polar surface area (TPSA) is 43.6 Å². The van der Waals surface area contributed by atoms with Gasteiger partial charge in [-0.1, -0.05) is 13.0 Å². The van der Waals surface area contributed by atoms with Crippen molar-refractivity contribution in [2.45, 2.75) is 25.3 Å². The van der Waals surface area contributed by atoms with Gasteiger partial charge in [-0.2, -0.15) is 0 Å². The first-order valence-electron chi connectivity index (χ1n) is 6.05. The second-order valence-corrected chi connectivity index (χ2v) is 4.85. The number of thioether (sulfide) groups is 1. The van der Waals surface area contributed by atoms with Crippen molar-refractivity contribution in [2.75, 3.05) is 12.4 Å². The summed E-state index contributed by atoms with van der Waals surface area (Å²) in [7, 11) is 0. The molecule has 0 saturated carbocycles. The van der Waals surface area contributed by atoms with Gasteiger partial charge < -0.3 is 4.74 Å². The van der Waals surface area contributed by atoms with Gasteiger partial charge in [-0.05, 0) is 31.2 Å². The number of nitrogens with zero attached hydrogens (tertiary/aromatic N) is 2. The van der Waals surface area contributed by atoms with Crippen molar-refractivity contribution in [3.05, 3.63) is 30.1 Å². The van der Waals surface area contributed by atoms with Gasteiger partial charge in [0.15, 0.2) is 5.69 Å². The Morgan fingerprint density at radius 3 is 3.00 bits per heavy atom. The maximum absolute atomic E-state index is 12.0. The zero-order chi connectivity index (χ0) is 13.0. The van der Waals surface area contributed by atoms with E-state index in [-0.39, 0.29) is 5.97 Å². The molecule has 0 atom stereocenters. The van der Waals surface area contributed by atoms with Gasteiger partial charge >= 0.3 is 5.97 Å². The second kappa shape index (κ2) is 5.91. The van der Waals surface area contributed by atoms with Crippen molar-refractivity contribution < 1.29 is 9.53 Å². The van der Waals surface area contributed by atoms with Crippen LogP contribution in [0.3, 0.4) is 0 Å². The van der Waals surface area contributed by atoms with Crippen LogP contribution >= 0.6 is 11.8 Å². The molecule has 0 amide bonds. The molecule has 0 spiro atoms. The van der Waals surface area contributed by atoms with Crippen molar-refractivity contribution in [3.8, 4) is 0 Å². The fourth-order valence-electron chi connectivity index (χ4n) is 1.66. The predicted molar refractivity (Wildman–Crippen MR) is 72.2 cm³/mol. The molecule has 0 saturated heterocycles. The highest BCUT2D eigenvalue weighted by atomic mass is 32.2. The Kier molecular flexibility index (Phi) is 4.25. The summed E-state index contributed by atoms with van der Waals surface area (Å²) in [6, 6.07) is 5.68. The highest BCUT2D eigenvalue weighted by Gasteiger charge is 2.20. The molecule has 4 nitrogen and oxygen atoms in total. The van der Waals surface area contributed by atoms with Crippen LogP contribution in [0, 0.1) is 0 Å². The van der Waals surface area contributed by atoms with Crippen LogP contribution in [0.5, 0.6) is 0 Å². The van der Waals surface area contributed by atoms with Crippen LogP contribution in [-0.4, -0.2) is 27.7 Å². The number of fused-ring (bicyclic) bond motifs is 1. The van der Waals surface area contributed by atoms with Crippen molar-refractivity contribution in [1.82, 2.24) is 9.38 Å². The smallest absolute Gasteiger partial charge is 0.358 e. The van der Waals surface area contributed by atoms with E-state index in [0.29, 0.717) is 12.3 Å². The van der Waals surface area contributed by atoms with E-state index in [1.807, 2.05) is 24.4 Å². The third kappa shape index (κ3) is 2.51. The lowest BCUT2D eigenvalue weighted by molar-refractivity contribution is 0.0513. The third-order valence-corrected chi connectivity index (χ3v) is 3.58. The molecule has 0 aliphatic rings. The molecule has 0 N–H and O–H groups in total. The predicted octanol–water partition coefficient (Wildman–Crippen LogP) is 3.01. The first-order valence-corrected chi connectivity index (χ1v) is 7.03. The maximum Gasteiger partial charge on any atom is 0.358 e. The van der Waals surface area contributed by atoms with Crippen LogP contribution in [0.15, 0.2) is 29.4 Å². The SMILES string of the molecule is CCCSc1nc2ccccn2c1C(=O)OCC. The number of rotatable bonds is 5. The summed E-state index contributed by atoms with van der Waals surface area (Å²) in [5.41, 5.74) is 1.31. The average molecular weight is 264 g/mol. The van der Waals surface area contributed by atoms with E-state index in [9.17, 15) is 4.79 Å². The Morgan fingerprint density at radius 1 is 1.44 bits per heavy atom. The van der Waals surface area contributed by atoms with Gasteiger partial charge in [-0.25, -0.2) is 9.78 Å². The molecule has 2 heterocycles. The first kappa shape index (κ1) is 13.0. The van der Waals surface area contributed by atoms with E-state index in [1.54, 1.807) is 23.1 Å². The quantitative estimate of drug-likeness (QED) is 0.615. The number of carbonyl (C=O) groups excluding carboxylic acids is 1. The number of aromatic nitrogens is 2. The highest BCUT2D eigenvalue weighted by molar-refractivity contribution is 7.99. The zero-order valence-corrected chi connectivity index (χ0v) is 11.4. The lowest BCUT2D eigenvalue weighted by Gasteiger charge is -2.03. The molecule has 2 rings (SSSR count). The van der Waals surface area contributed by atoms with E-state index >= 15 is 0 Å². The third-order valence-electron chi connectivity index (χ3n) is 2.41. The molecule has 0 aliphatic carbocycles. The largest absolute Gasteiger partial charge is 0.461 e. The number of ether oxygens (including phenoxy) is 1. The number of hydrogen-bond donors (Lipinski definition) is 0. The second-order valence-electron chi connectivity index (χ2n) is 3.76. The van der Waals surface area contributed by atoms with Crippen LogP contribution in [0.4, 0.5) is 0 Å². The minimum absolute atomic E-state index is 0.310. The summed E-state index contributed by atoms with van der Waals surface area (Å²) in [5.74, 6) is 0.630. The molecular formula is C13H16N2O2S. The molecule has 0 aromatic carbocycles. The van der Waals surface area contributed by atoms with Gasteiger partial charge in [0.25, 0.3) is 0 Å². The normalized spacial score (nSPS) is 10.8. The van der Waals surface area contributed by atoms with Crippen molar-refractivity contribution in [1.29, 1.82) is 0 Å². The number of carbonyl (C=O) groups is 1.